The lowest BCUT2D eigenvalue weighted by molar-refractivity contribution is -0.147. The van der Waals surface area contributed by atoms with E-state index in [2.05, 4.69) is 10.6 Å². The van der Waals surface area contributed by atoms with Crippen LogP contribution < -0.4 is 10.6 Å². The first-order valence-corrected chi connectivity index (χ1v) is 12.6. The summed E-state index contributed by atoms with van der Waals surface area (Å²) in [7, 11) is 1.59. The molecule has 0 aliphatic carbocycles. The Morgan fingerprint density at radius 2 is 1.85 bits per heavy atom. The fourth-order valence-corrected chi connectivity index (χ4v) is 6.44. The van der Waals surface area contributed by atoms with Crippen LogP contribution in [0, 0.1) is 11.8 Å². The lowest BCUT2D eigenvalue weighted by atomic mass is 9.65. The van der Waals surface area contributed by atoms with E-state index in [0.29, 0.717) is 32.4 Å². The second kappa shape index (κ2) is 10.0. The van der Waals surface area contributed by atoms with Crippen LogP contribution in [0.15, 0.2) is 30.3 Å². The molecule has 1 aromatic carbocycles. The highest BCUT2D eigenvalue weighted by molar-refractivity contribution is 5.99. The fraction of sp³-hybridized carbons (Fsp3) is 0.654. The average Bonchev–Trinajstić information content (AvgIpc) is 3.46. The zero-order valence-corrected chi connectivity index (χ0v) is 20.2. The molecule has 8 nitrogen and oxygen atoms in total. The third-order valence-corrected chi connectivity index (χ3v) is 8.07. The SMILES string of the molecule is CC[C@]12CCC3(O1)C(C(=O)NCc1ccccc1)N(CCCCCCO)C(=O)[C@@H]3[C@H]2C(=O)NC. The number of unbranched alkanes of at least 4 members (excludes halogenated alkanes) is 3. The molecular weight excluding hydrogens is 434 g/mol. The van der Waals surface area contributed by atoms with Crippen LogP contribution in [0.25, 0.3) is 0 Å². The maximum absolute atomic E-state index is 13.8. The number of benzene rings is 1. The summed E-state index contributed by atoms with van der Waals surface area (Å²) in [5.74, 6) is -1.79. The molecule has 2 bridgehead atoms. The van der Waals surface area contributed by atoms with Crippen molar-refractivity contribution >= 4 is 17.7 Å². The number of carbonyl (C=O) groups is 3. The quantitative estimate of drug-likeness (QED) is 0.426. The zero-order chi connectivity index (χ0) is 24.3. The minimum atomic E-state index is -0.976. The molecule has 1 spiro atoms. The summed E-state index contributed by atoms with van der Waals surface area (Å²) >= 11 is 0. The second-order valence-electron chi connectivity index (χ2n) is 9.82. The van der Waals surface area contributed by atoms with Gasteiger partial charge in [-0.05, 0) is 37.7 Å². The molecule has 186 valence electrons. The standard InChI is InChI=1S/C26H37N3O5/c1-3-25-13-14-26(34-25)20(19(25)22(31)27-2)24(33)29(15-9-4-5-10-16-30)21(26)23(32)28-17-18-11-7-6-8-12-18/h6-8,11-12,19-21,30H,3-5,9-10,13-17H2,1-2H3,(H,27,31)(H,28,32)/t19-,20-,21?,25+,26?/m0/s1. The largest absolute Gasteiger partial charge is 0.396 e. The van der Waals surface area contributed by atoms with Crippen LogP contribution >= 0.6 is 0 Å². The van der Waals surface area contributed by atoms with E-state index in [4.69, 9.17) is 9.84 Å². The van der Waals surface area contributed by atoms with E-state index in [-0.39, 0.29) is 24.3 Å². The highest BCUT2D eigenvalue weighted by Gasteiger charge is 2.78. The van der Waals surface area contributed by atoms with Crippen molar-refractivity contribution in [3.05, 3.63) is 35.9 Å². The Kier molecular flexibility index (Phi) is 7.28. The Morgan fingerprint density at radius 1 is 1.12 bits per heavy atom. The third-order valence-electron chi connectivity index (χ3n) is 8.07. The average molecular weight is 472 g/mol. The number of fused-ring (bicyclic) bond motifs is 1. The summed E-state index contributed by atoms with van der Waals surface area (Å²) in [5.41, 5.74) is -0.698. The monoisotopic (exact) mass is 471 g/mol. The minimum Gasteiger partial charge on any atom is -0.396 e. The summed E-state index contributed by atoms with van der Waals surface area (Å²) in [6.07, 6.45) is 5.07. The number of carbonyl (C=O) groups excluding carboxylic acids is 3. The molecule has 1 aromatic rings. The second-order valence-corrected chi connectivity index (χ2v) is 9.82. The van der Waals surface area contributed by atoms with Gasteiger partial charge in [-0.25, -0.2) is 0 Å². The summed E-state index contributed by atoms with van der Waals surface area (Å²) in [4.78, 5) is 42.1. The molecule has 34 heavy (non-hydrogen) atoms. The first-order valence-electron chi connectivity index (χ1n) is 12.6. The van der Waals surface area contributed by atoms with Crippen LogP contribution in [0.4, 0.5) is 0 Å². The van der Waals surface area contributed by atoms with Crippen molar-refractivity contribution in [3.8, 4) is 0 Å². The molecule has 0 radical (unpaired) electrons. The molecule has 5 atom stereocenters. The molecule has 3 aliphatic rings. The number of rotatable bonds is 11. The lowest BCUT2D eigenvalue weighted by Gasteiger charge is -2.33. The Bertz CT molecular complexity index is 909. The van der Waals surface area contributed by atoms with Crippen LogP contribution in [0.5, 0.6) is 0 Å². The molecule has 3 heterocycles. The number of hydrogen-bond donors (Lipinski definition) is 3. The van der Waals surface area contributed by atoms with Crippen molar-refractivity contribution < 1.29 is 24.2 Å². The van der Waals surface area contributed by atoms with Gasteiger partial charge in [0.05, 0.1) is 17.4 Å². The van der Waals surface area contributed by atoms with E-state index >= 15 is 0 Å². The maximum atomic E-state index is 13.8. The van der Waals surface area contributed by atoms with Crippen molar-refractivity contribution in [2.75, 3.05) is 20.2 Å². The third kappa shape index (κ3) is 4.01. The number of aliphatic hydroxyl groups excluding tert-OH is 1. The number of nitrogens with one attached hydrogen (secondary N) is 2. The number of aliphatic hydroxyl groups is 1. The van der Waals surface area contributed by atoms with Gasteiger partial charge in [-0.15, -0.1) is 0 Å². The summed E-state index contributed by atoms with van der Waals surface area (Å²) in [5, 5.41) is 14.8. The molecule has 2 unspecified atom stereocenters. The molecule has 3 aliphatic heterocycles. The smallest absolute Gasteiger partial charge is 0.246 e. The minimum absolute atomic E-state index is 0.148. The van der Waals surface area contributed by atoms with Gasteiger partial charge in [0.15, 0.2) is 0 Å². The predicted molar refractivity (Wildman–Crippen MR) is 126 cm³/mol. The van der Waals surface area contributed by atoms with Gasteiger partial charge in [0.2, 0.25) is 17.7 Å². The highest BCUT2D eigenvalue weighted by Crippen LogP contribution is 2.64. The van der Waals surface area contributed by atoms with Crippen LogP contribution in [0.2, 0.25) is 0 Å². The van der Waals surface area contributed by atoms with Gasteiger partial charge in [0.25, 0.3) is 0 Å². The van der Waals surface area contributed by atoms with Crippen molar-refractivity contribution in [1.82, 2.24) is 15.5 Å². The van der Waals surface area contributed by atoms with Gasteiger partial charge in [0, 0.05) is 26.7 Å². The van der Waals surface area contributed by atoms with Crippen molar-refractivity contribution in [1.29, 1.82) is 0 Å². The fourth-order valence-electron chi connectivity index (χ4n) is 6.44. The van der Waals surface area contributed by atoms with Crippen LogP contribution in [-0.2, 0) is 25.7 Å². The van der Waals surface area contributed by atoms with Crippen LogP contribution in [0.3, 0.4) is 0 Å². The topological polar surface area (TPSA) is 108 Å². The predicted octanol–water partition coefficient (Wildman–Crippen LogP) is 1.76. The molecule has 3 fully saturated rings. The molecular formula is C26H37N3O5. The highest BCUT2D eigenvalue weighted by atomic mass is 16.5. The lowest BCUT2D eigenvalue weighted by Crippen LogP contribution is -2.55. The van der Waals surface area contributed by atoms with Gasteiger partial charge in [-0.2, -0.15) is 0 Å². The first-order chi connectivity index (χ1) is 16.4. The van der Waals surface area contributed by atoms with Crippen molar-refractivity contribution in [3.63, 3.8) is 0 Å². The van der Waals surface area contributed by atoms with Gasteiger partial charge >= 0.3 is 0 Å². The summed E-state index contributed by atoms with van der Waals surface area (Å²) in [6.45, 7) is 2.95. The van der Waals surface area contributed by atoms with E-state index in [1.807, 2.05) is 37.3 Å². The molecule has 3 N–H and O–H groups in total. The number of nitrogens with zero attached hydrogens (tertiary/aromatic N) is 1. The Labute approximate surface area is 201 Å². The van der Waals surface area contributed by atoms with Crippen molar-refractivity contribution in [2.24, 2.45) is 11.8 Å². The molecule has 0 saturated carbocycles. The van der Waals surface area contributed by atoms with Crippen LogP contribution in [-0.4, -0.2) is 65.2 Å². The van der Waals surface area contributed by atoms with E-state index in [0.717, 1.165) is 31.2 Å². The maximum Gasteiger partial charge on any atom is 0.246 e. The van der Waals surface area contributed by atoms with Gasteiger partial charge in [-0.3, -0.25) is 14.4 Å². The van der Waals surface area contributed by atoms with Gasteiger partial charge in [0.1, 0.15) is 11.6 Å². The van der Waals surface area contributed by atoms with Crippen LogP contribution in [0.1, 0.15) is 57.4 Å². The van der Waals surface area contributed by atoms with E-state index < -0.39 is 29.1 Å². The summed E-state index contributed by atoms with van der Waals surface area (Å²) < 4.78 is 6.67. The van der Waals surface area contributed by atoms with E-state index in [9.17, 15) is 14.4 Å². The molecule has 3 amide bonds. The number of amides is 3. The normalized spacial score (nSPS) is 31.6. The Morgan fingerprint density at radius 3 is 2.53 bits per heavy atom. The van der Waals surface area contributed by atoms with E-state index in [1.165, 1.54) is 0 Å². The molecule has 3 saturated heterocycles. The Hall–Kier alpha value is -2.45. The van der Waals surface area contributed by atoms with Gasteiger partial charge < -0.3 is 25.4 Å². The van der Waals surface area contributed by atoms with Crippen molar-refractivity contribution in [2.45, 2.75) is 75.7 Å². The number of ether oxygens (including phenoxy) is 1. The molecule has 8 heteroatoms. The first kappa shape index (κ1) is 24.7. The zero-order valence-electron chi connectivity index (χ0n) is 20.2. The Balaban J connectivity index is 1.61. The molecule has 4 rings (SSSR count). The number of likely N-dealkylation sites (tertiary alicyclic amines) is 1. The summed E-state index contributed by atoms with van der Waals surface area (Å²) in [6, 6.07) is 8.92. The molecule has 0 aromatic heterocycles. The number of hydrogen-bond acceptors (Lipinski definition) is 5. The van der Waals surface area contributed by atoms with E-state index in [1.54, 1.807) is 11.9 Å². The van der Waals surface area contributed by atoms with Gasteiger partial charge in [-0.1, -0.05) is 50.1 Å².